The summed E-state index contributed by atoms with van der Waals surface area (Å²) in [7, 11) is 0. The molecule has 4 rings (SSSR count). The number of hydrogen-bond donors (Lipinski definition) is 2. The fourth-order valence-corrected chi connectivity index (χ4v) is 2.66. The predicted molar refractivity (Wildman–Crippen MR) is 97.1 cm³/mol. The molecule has 2 aromatic heterocycles. The Kier molecular flexibility index (Phi) is 4.52. The highest BCUT2D eigenvalue weighted by molar-refractivity contribution is 5.88. The van der Waals surface area contributed by atoms with Crippen LogP contribution in [-0.2, 0) is 0 Å². The number of carboxylic acids is 1. The normalized spacial score (nSPS) is 15.2. The Morgan fingerprint density at radius 2 is 1.93 bits per heavy atom. The van der Waals surface area contributed by atoms with Gasteiger partial charge in [0.1, 0.15) is 12.7 Å². The molecule has 0 saturated heterocycles. The third-order valence-corrected chi connectivity index (χ3v) is 3.98. The number of ether oxygens (including phenoxy) is 2. The number of aromatic carboxylic acids is 1. The SMILES string of the molecule is O=C(O)c1ccnc(-c2ccnc(NC[C@H]3COc4ccccc4O3)n2)c1. The topological polar surface area (TPSA) is 106 Å². The molecule has 27 heavy (non-hydrogen) atoms. The van der Waals surface area contributed by atoms with Gasteiger partial charge in [0.2, 0.25) is 5.95 Å². The van der Waals surface area contributed by atoms with Gasteiger partial charge in [-0.2, -0.15) is 0 Å². The van der Waals surface area contributed by atoms with Gasteiger partial charge in [0, 0.05) is 12.4 Å². The Balaban J connectivity index is 1.44. The predicted octanol–water partition coefficient (Wildman–Crippen LogP) is 2.49. The minimum absolute atomic E-state index is 0.152. The van der Waals surface area contributed by atoms with Gasteiger partial charge < -0.3 is 19.9 Å². The van der Waals surface area contributed by atoms with E-state index in [9.17, 15) is 4.79 Å². The summed E-state index contributed by atoms with van der Waals surface area (Å²) in [6.07, 6.45) is 2.85. The van der Waals surface area contributed by atoms with E-state index in [1.165, 1.54) is 18.3 Å². The third kappa shape index (κ3) is 3.79. The zero-order valence-electron chi connectivity index (χ0n) is 14.2. The number of benzene rings is 1. The van der Waals surface area contributed by atoms with Crippen LogP contribution in [0.2, 0.25) is 0 Å². The minimum Gasteiger partial charge on any atom is -0.486 e. The molecule has 0 saturated carbocycles. The molecule has 0 bridgehead atoms. The maximum Gasteiger partial charge on any atom is 0.335 e. The van der Waals surface area contributed by atoms with Gasteiger partial charge >= 0.3 is 5.97 Å². The smallest absolute Gasteiger partial charge is 0.335 e. The van der Waals surface area contributed by atoms with E-state index in [0.717, 1.165) is 5.75 Å². The number of fused-ring (bicyclic) bond motifs is 1. The summed E-state index contributed by atoms with van der Waals surface area (Å²) in [5.41, 5.74) is 1.15. The molecule has 0 aliphatic carbocycles. The summed E-state index contributed by atoms with van der Waals surface area (Å²) in [5.74, 6) is 0.828. The second-order valence-electron chi connectivity index (χ2n) is 5.88. The van der Waals surface area contributed by atoms with E-state index in [0.29, 0.717) is 36.2 Å². The first-order valence-corrected chi connectivity index (χ1v) is 8.34. The van der Waals surface area contributed by atoms with Gasteiger partial charge in [-0.25, -0.2) is 14.8 Å². The average molecular weight is 364 g/mol. The molecule has 3 heterocycles. The van der Waals surface area contributed by atoms with Crippen LogP contribution in [0.3, 0.4) is 0 Å². The molecule has 0 radical (unpaired) electrons. The number of para-hydroxylation sites is 2. The third-order valence-electron chi connectivity index (χ3n) is 3.98. The van der Waals surface area contributed by atoms with E-state index in [4.69, 9.17) is 14.6 Å². The Bertz CT molecular complexity index is 979. The van der Waals surface area contributed by atoms with Gasteiger partial charge in [0.25, 0.3) is 0 Å². The Morgan fingerprint density at radius 1 is 1.11 bits per heavy atom. The van der Waals surface area contributed by atoms with Crippen molar-refractivity contribution < 1.29 is 19.4 Å². The minimum atomic E-state index is -1.01. The Labute approximate surface area is 154 Å². The molecule has 1 atom stereocenters. The van der Waals surface area contributed by atoms with Crippen LogP contribution in [0.15, 0.2) is 54.9 Å². The molecule has 8 heteroatoms. The van der Waals surface area contributed by atoms with Crippen molar-refractivity contribution in [1.29, 1.82) is 0 Å². The van der Waals surface area contributed by atoms with Crippen molar-refractivity contribution in [2.75, 3.05) is 18.5 Å². The van der Waals surface area contributed by atoms with Gasteiger partial charge in [-0.1, -0.05) is 12.1 Å². The standard InChI is InChI=1S/C19H16N4O4/c24-18(25)12-5-7-20-15(9-12)14-6-8-21-19(23-14)22-10-13-11-26-16-3-1-2-4-17(16)27-13/h1-9,13H,10-11H2,(H,24,25)(H,21,22,23)/t13-/m0/s1. The van der Waals surface area contributed by atoms with Crippen molar-refractivity contribution in [1.82, 2.24) is 15.0 Å². The fraction of sp³-hybridized carbons (Fsp3) is 0.158. The second-order valence-corrected chi connectivity index (χ2v) is 5.88. The fourth-order valence-electron chi connectivity index (χ4n) is 2.66. The van der Waals surface area contributed by atoms with Crippen molar-refractivity contribution in [3.05, 3.63) is 60.4 Å². The number of aromatic nitrogens is 3. The molecule has 3 aromatic rings. The molecule has 136 valence electrons. The lowest BCUT2D eigenvalue weighted by Crippen LogP contribution is -2.35. The summed E-state index contributed by atoms with van der Waals surface area (Å²) in [6, 6.07) is 12.1. The quantitative estimate of drug-likeness (QED) is 0.711. The monoisotopic (exact) mass is 364 g/mol. The lowest BCUT2D eigenvalue weighted by atomic mass is 10.2. The molecule has 0 amide bonds. The van der Waals surface area contributed by atoms with Gasteiger partial charge in [0.05, 0.1) is 23.5 Å². The molecule has 2 N–H and O–H groups in total. The molecular formula is C19H16N4O4. The van der Waals surface area contributed by atoms with Crippen LogP contribution in [0, 0.1) is 0 Å². The first kappa shape index (κ1) is 16.8. The molecular weight excluding hydrogens is 348 g/mol. The molecule has 1 aliphatic rings. The summed E-state index contributed by atoms with van der Waals surface area (Å²) in [4.78, 5) is 23.9. The van der Waals surface area contributed by atoms with Crippen LogP contribution in [-0.4, -0.2) is 45.3 Å². The molecule has 1 aliphatic heterocycles. The van der Waals surface area contributed by atoms with Crippen molar-refractivity contribution in [2.24, 2.45) is 0 Å². The van der Waals surface area contributed by atoms with Crippen LogP contribution in [0.5, 0.6) is 11.5 Å². The van der Waals surface area contributed by atoms with Crippen LogP contribution < -0.4 is 14.8 Å². The van der Waals surface area contributed by atoms with Crippen LogP contribution >= 0.6 is 0 Å². The first-order chi connectivity index (χ1) is 13.2. The molecule has 1 aromatic carbocycles. The summed E-state index contributed by atoms with van der Waals surface area (Å²) < 4.78 is 11.6. The number of hydrogen-bond acceptors (Lipinski definition) is 7. The van der Waals surface area contributed by atoms with E-state index < -0.39 is 5.97 Å². The van der Waals surface area contributed by atoms with Crippen LogP contribution in [0.4, 0.5) is 5.95 Å². The summed E-state index contributed by atoms with van der Waals surface area (Å²) in [6.45, 7) is 0.881. The van der Waals surface area contributed by atoms with Crippen molar-refractivity contribution in [3.63, 3.8) is 0 Å². The number of pyridine rings is 1. The van der Waals surface area contributed by atoms with Gasteiger partial charge in [-0.3, -0.25) is 4.98 Å². The van der Waals surface area contributed by atoms with Crippen molar-refractivity contribution in [2.45, 2.75) is 6.10 Å². The zero-order chi connectivity index (χ0) is 18.6. The van der Waals surface area contributed by atoms with E-state index in [1.807, 2.05) is 24.3 Å². The largest absolute Gasteiger partial charge is 0.486 e. The van der Waals surface area contributed by atoms with E-state index in [-0.39, 0.29) is 11.7 Å². The number of anilines is 1. The zero-order valence-corrected chi connectivity index (χ0v) is 14.2. The van der Waals surface area contributed by atoms with Crippen molar-refractivity contribution in [3.8, 4) is 22.9 Å². The Morgan fingerprint density at radius 3 is 2.78 bits per heavy atom. The average Bonchev–Trinajstić information content (AvgIpc) is 2.72. The highest BCUT2D eigenvalue weighted by Gasteiger charge is 2.20. The van der Waals surface area contributed by atoms with Gasteiger partial charge in [0.15, 0.2) is 11.5 Å². The molecule has 0 fully saturated rings. The maximum absolute atomic E-state index is 11.1. The molecule has 0 unspecified atom stereocenters. The number of rotatable bonds is 5. The van der Waals surface area contributed by atoms with E-state index >= 15 is 0 Å². The second kappa shape index (κ2) is 7.28. The number of nitrogens with zero attached hydrogens (tertiary/aromatic N) is 3. The number of nitrogens with one attached hydrogen (secondary N) is 1. The lowest BCUT2D eigenvalue weighted by Gasteiger charge is -2.26. The van der Waals surface area contributed by atoms with Gasteiger partial charge in [-0.15, -0.1) is 0 Å². The summed E-state index contributed by atoms with van der Waals surface area (Å²) >= 11 is 0. The lowest BCUT2D eigenvalue weighted by molar-refractivity contribution is 0.0697. The number of carboxylic acid groups (broad SMARTS) is 1. The molecule has 0 spiro atoms. The van der Waals surface area contributed by atoms with E-state index in [2.05, 4.69) is 20.3 Å². The maximum atomic E-state index is 11.1. The Hall–Kier alpha value is -3.68. The van der Waals surface area contributed by atoms with Crippen LogP contribution in [0.25, 0.3) is 11.4 Å². The highest BCUT2D eigenvalue weighted by atomic mass is 16.6. The van der Waals surface area contributed by atoms with Gasteiger partial charge in [-0.05, 0) is 30.3 Å². The first-order valence-electron chi connectivity index (χ1n) is 8.34. The molecule has 8 nitrogen and oxygen atoms in total. The number of carbonyl (C=O) groups is 1. The van der Waals surface area contributed by atoms with E-state index in [1.54, 1.807) is 12.3 Å². The highest BCUT2D eigenvalue weighted by Crippen LogP contribution is 2.30. The van der Waals surface area contributed by atoms with Crippen LogP contribution in [0.1, 0.15) is 10.4 Å². The van der Waals surface area contributed by atoms with Crippen molar-refractivity contribution >= 4 is 11.9 Å². The summed E-state index contributed by atoms with van der Waals surface area (Å²) in [5, 5.41) is 12.2.